The Labute approximate surface area is 816 Å². The molecule has 1 atom stereocenters. The number of nitrogens with zero attached hydrogens (tertiary/aromatic N) is 2. The molecule has 27 nitrogen and oxygen atoms in total. The maximum absolute atomic E-state index is 13.9. The van der Waals surface area contributed by atoms with Crippen molar-refractivity contribution in [1.82, 2.24) is 4.58 Å². The predicted molar refractivity (Wildman–Crippen MR) is 541 cm³/mol. The van der Waals surface area contributed by atoms with Crippen molar-refractivity contribution in [3.05, 3.63) is 216 Å². The van der Waals surface area contributed by atoms with Gasteiger partial charge in [0.2, 0.25) is 17.1 Å². The number of anilines is 3. The standard InChI is InChI=1S/C53H42N2O5.C34H58O13S6.C11H18O5.C4H8O2/c1-2-3-11-32-60-41-28-24-38(25-29-41)55(47-23-13-17-36-15-8-10-21-43(36)47)40-27-31-45(49(57)34-40)51-52(58)50(53(51)59)44-30-26-39(33-48(44)56)54(37-18-5-4-6-19-37)46-22-12-16-35-14-7-9-20-42(35)46;1-48-13-7-27(35)42-21-33(22-43-28(36)8-14-49-2,23-44-29(37)9-15-50-3)19-41-20-34(24-45-30(38)10-16-51-4,25-46-31(39)11-17-52-5)26-47-32(40)12-18-53-6;1-4-5-10(13)15-6-9(12)7-16-11(14)8(2)3;1-2-3-4(5)6/h4-10,12-31,33-34H,2-3,11,32H2,1H3,(H2,56,57,58,59);7-26H2,1-6H3;9,12H,2,4-7H2,1,3H3;2-3H2,1H3,(H,5,6). The quantitative estimate of drug-likeness (QED) is 0.00904. The number of hydrogen-bond donors (Lipinski definition) is 4. The first-order chi connectivity index (χ1) is 65.1. The van der Waals surface area contributed by atoms with E-state index in [9.17, 15) is 68.4 Å². The number of Topliss-reactive ketones (excluding diaryl/α,β-unsaturated/α-hetero) is 1. The van der Waals surface area contributed by atoms with Crippen molar-refractivity contribution in [3.8, 4) is 11.5 Å². The number of rotatable bonds is 54. The molecule has 0 bridgehead atoms. The van der Waals surface area contributed by atoms with Crippen molar-refractivity contribution in [2.45, 2.75) is 117 Å². The number of carboxylic acid groups (broad SMARTS) is 1. The summed E-state index contributed by atoms with van der Waals surface area (Å²) in [4.78, 5) is 123. The molecule has 2 aliphatic rings. The number of para-hydroxylation sites is 1. The number of unbranched alkanes of at least 4 members (excludes halogenated alkanes) is 2. The number of carboxylic acids is 1. The van der Waals surface area contributed by atoms with Crippen LogP contribution in [0.15, 0.2) is 211 Å². The topological polar surface area (TPSA) is 373 Å². The highest BCUT2D eigenvalue weighted by Crippen LogP contribution is 2.46. The number of allylic oxidation sites excluding steroid dienone is 5. The lowest BCUT2D eigenvalue weighted by atomic mass is 9.79. The second-order valence-corrected chi connectivity index (χ2v) is 37.3. The molecule has 0 radical (unpaired) electrons. The van der Waals surface area contributed by atoms with Crippen LogP contribution in [0.3, 0.4) is 0 Å². The van der Waals surface area contributed by atoms with Gasteiger partial charge in [-0.3, -0.25) is 43.2 Å². The van der Waals surface area contributed by atoms with Crippen LogP contribution in [0.4, 0.5) is 28.4 Å². The summed E-state index contributed by atoms with van der Waals surface area (Å²) in [5, 5.41) is 58.3. The van der Waals surface area contributed by atoms with E-state index < -0.39 is 76.2 Å². The molecule has 0 aliphatic heterocycles. The molecule has 0 amide bonds. The summed E-state index contributed by atoms with van der Waals surface area (Å²) >= 11 is 8.86. The number of aliphatic carboxylic acids is 1. The highest BCUT2D eigenvalue weighted by molar-refractivity contribution is 7.99. The Kier molecular flexibility index (Phi) is 52.1. The zero-order valence-electron chi connectivity index (χ0n) is 78.4. The molecule has 4 N–H and O–H groups in total. The van der Waals surface area contributed by atoms with Crippen molar-refractivity contribution in [3.63, 3.8) is 0 Å². The van der Waals surface area contributed by atoms with Gasteiger partial charge < -0.3 is 77.8 Å². The van der Waals surface area contributed by atoms with E-state index in [0.717, 1.165) is 75.7 Å². The molecule has 7 aromatic rings. The molecule has 0 aromatic heterocycles. The molecule has 0 saturated carbocycles. The Balaban J connectivity index is 0.000000341. The Morgan fingerprint density at radius 2 is 0.911 bits per heavy atom. The van der Waals surface area contributed by atoms with Gasteiger partial charge in [0.15, 0.2) is 5.78 Å². The van der Waals surface area contributed by atoms with Crippen LogP contribution in [0.2, 0.25) is 0 Å². The molecule has 0 fully saturated rings. The number of carbonyl (C=O) groups excluding carboxylic acids is 9. The lowest BCUT2D eigenvalue weighted by Gasteiger charge is -2.35. The third kappa shape index (κ3) is 38.5. The minimum absolute atomic E-state index is 0.122. The molecule has 0 saturated heterocycles. The summed E-state index contributed by atoms with van der Waals surface area (Å²) in [5.74, 6) is -2.17. The van der Waals surface area contributed by atoms with Crippen LogP contribution in [0.5, 0.6) is 11.5 Å². The van der Waals surface area contributed by atoms with Crippen molar-refractivity contribution < 1.29 is 121 Å². The van der Waals surface area contributed by atoms with Gasteiger partial charge in [0, 0.05) is 122 Å². The number of hydrogen-bond acceptors (Lipinski definition) is 31. The van der Waals surface area contributed by atoms with Gasteiger partial charge in [0.05, 0.1) is 86.3 Å². The molecule has 7 aromatic carbocycles. The summed E-state index contributed by atoms with van der Waals surface area (Å²) in [5.41, 5.74) is 2.40. The number of ether oxygens (including phenoxy) is 10. The van der Waals surface area contributed by atoms with Gasteiger partial charge in [-0.1, -0.05) is 131 Å². The molecule has 135 heavy (non-hydrogen) atoms. The first-order valence-corrected chi connectivity index (χ1v) is 52.6. The van der Waals surface area contributed by atoms with Gasteiger partial charge in [-0.2, -0.15) is 75.1 Å². The maximum Gasteiger partial charge on any atom is 0.333 e. The number of thioether (sulfide) groups is 6. The molecule has 0 heterocycles. The maximum atomic E-state index is 13.9. The van der Waals surface area contributed by atoms with Crippen molar-refractivity contribution in [2.75, 3.05) is 150 Å². The largest absolute Gasteiger partial charge is 0.871 e. The zero-order chi connectivity index (χ0) is 98.5. The van der Waals surface area contributed by atoms with Crippen LogP contribution in [-0.2, 0) is 90.6 Å². The van der Waals surface area contributed by atoms with E-state index in [1.54, 1.807) is 36.4 Å². The summed E-state index contributed by atoms with van der Waals surface area (Å²) in [6.07, 6.45) is 21.2. The number of aliphatic hydroxyl groups excluding tert-OH is 2. The highest BCUT2D eigenvalue weighted by atomic mass is 32.2. The molecular formula is C102H126N2O25S6. The monoisotopic (exact) mass is 1970 g/mol. The molecule has 2 aliphatic carbocycles. The predicted octanol–water partition coefficient (Wildman–Crippen LogP) is 18.1. The average molecular weight is 1970 g/mol. The molecular weight excluding hydrogens is 1850 g/mol. The fraction of sp³-hybridized carbons (Fsp3) is 0.422. The number of phenols is 1. The fourth-order valence-corrected chi connectivity index (χ4v) is 15.3. The zero-order valence-corrected chi connectivity index (χ0v) is 83.3. The van der Waals surface area contributed by atoms with E-state index in [4.69, 9.17) is 47.7 Å². The van der Waals surface area contributed by atoms with Crippen molar-refractivity contribution in [2.24, 2.45) is 10.8 Å². The van der Waals surface area contributed by atoms with Gasteiger partial charge in [0.25, 0.3) is 0 Å². The van der Waals surface area contributed by atoms with E-state index >= 15 is 0 Å². The normalized spacial score (nSPS) is 13.3. The average Bonchev–Trinajstić information content (AvgIpc) is 0.731. The molecule has 9 rings (SSSR count). The fourth-order valence-electron chi connectivity index (χ4n) is 13.0. The SMILES string of the molecule is C=C(C)C(=O)OCC(O)COC(=O)CCC.CCCC(=O)O.CCCCCOc1ccc(N(c2ccc(C3=C([O-])C(=C4C=CC(=[N+](c5ccccc5)c5cccc6ccccc56)C=C4O)C3=O)c(O)c2)c2cccc3ccccc23)cc1.CSCCC(=O)OCC(COCC(COC(=O)CCSC)(COC(=O)CCSC)COC(=O)CCSC)(COC(=O)CCSC)COC(=O)CCSC. The number of fused-ring (bicyclic) bond motifs is 2. The van der Waals surface area contributed by atoms with Crippen LogP contribution < -0.4 is 19.3 Å². The minimum atomic E-state index is -1.34. The van der Waals surface area contributed by atoms with Crippen LogP contribution in [0.25, 0.3) is 27.1 Å². The Hall–Kier alpha value is -10.7. The van der Waals surface area contributed by atoms with E-state index in [-0.39, 0.29) is 150 Å². The second-order valence-electron chi connectivity index (χ2n) is 31.4. The highest BCUT2D eigenvalue weighted by Gasteiger charge is 2.42. The number of phenolic OH excluding ortho intramolecular Hbond substituents is 1. The number of benzene rings is 7. The third-order valence-electron chi connectivity index (χ3n) is 20.3. The lowest BCUT2D eigenvalue weighted by molar-refractivity contribution is -0.297. The molecule has 730 valence electrons. The van der Waals surface area contributed by atoms with Crippen LogP contribution >= 0.6 is 70.6 Å². The van der Waals surface area contributed by atoms with Gasteiger partial charge in [-0.15, -0.1) is 0 Å². The van der Waals surface area contributed by atoms with Crippen LogP contribution in [0, 0.1) is 10.8 Å². The number of aromatic hydroxyl groups is 1. The third-order valence-corrected chi connectivity index (χ3v) is 24.0. The number of ketones is 1. The number of carbonyl (C=O) groups is 10. The second kappa shape index (κ2) is 62.2. The van der Waals surface area contributed by atoms with E-state index in [1.807, 2.05) is 164 Å². The van der Waals surface area contributed by atoms with Crippen LogP contribution in [-0.4, -0.2) is 236 Å². The Morgan fingerprint density at radius 1 is 0.474 bits per heavy atom. The Bertz CT molecular complexity index is 5000. The summed E-state index contributed by atoms with van der Waals surface area (Å²) < 4.78 is 57.5. The van der Waals surface area contributed by atoms with Crippen molar-refractivity contribution in [1.29, 1.82) is 0 Å². The van der Waals surface area contributed by atoms with E-state index in [0.29, 0.717) is 71.8 Å². The van der Waals surface area contributed by atoms with Crippen molar-refractivity contribution >= 4 is 191 Å². The smallest absolute Gasteiger partial charge is 0.333 e. The Morgan fingerprint density at radius 3 is 1.35 bits per heavy atom. The van der Waals surface area contributed by atoms with Gasteiger partial charge >= 0.3 is 53.7 Å². The van der Waals surface area contributed by atoms with Gasteiger partial charge in [0.1, 0.15) is 76.2 Å². The first kappa shape index (κ1) is 113. The molecule has 0 spiro atoms. The number of esters is 8. The molecule has 1 unspecified atom stereocenters. The van der Waals surface area contributed by atoms with E-state index in [1.165, 1.54) is 77.5 Å². The lowest BCUT2D eigenvalue weighted by Crippen LogP contribution is -2.47. The van der Waals surface area contributed by atoms with Gasteiger partial charge in [-0.05, 0) is 129 Å². The van der Waals surface area contributed by atoms with Crippen LogP contribution in [0.1, 0.15) is 117 Å². The number of aliphatic hydroxyl groups is 2. The minimum Gasteiger partial charge on any atom is -0.871 e. The van der Waals surface area contributed by atoms with Gasteiger partial charge in [-0.25, -0.2) is 4.79 Å². The molecule has 33 heteroatoms. The summed E-state index contributed by atoms with van der Waals surface area (Å²) in [6.45, 7) is 8.65. The summed E-state index contributed by atoms with van der Waals surface area (Å²) in [7, 11) is 0. The first-order valence-electron chi connectivity index (χ1n) is 44.3. The van der Waals surface area contributed by atoms with E-state index in [2.05, 4.69) is 54.6 Å². The summed E-state index contributed by atoms with van der Waals surface area (Å²) in [6, 6.07) is 51.0.